The lowest BCUT2D eigenvalue weighted by atomic mass is 10.2. The first-order chi connectivity index (χ1) is 8.54. The van der Waals surface area contributed by atoms with Gasteiger partial charge in [-0.2, -0.15) is 0 Å². The Bertz CT molecular complexity index is 467. The van der Waals surface area contributed by atoms with Gasteiger partial charge in [-0.25, -0.2) is 9.97 Å². The second-order valence-corrected chi connectivity index (χ2v) is 3.95. The van der Waals surface area contributed by atoms with Crippen molar-refractivity contribution in [1.82, 2.24) is 9.97 Å². The highest BCUT2D eigenvalue weighted by Crippen LogP contribution is 2.22. The van der Waals surface area contributed by atoms with Crippen LogP contribution in [0.25, 0.3) is 0 Å². The molecule has 1 aliphatic heterocycles. The summed E-state index contributed by atoms with van der Waals surface area (Å²) < 4.78 is 5.17. The van der Waals surface area contributed by atoms with Crippen molar-refractivity contribution in [3.63, 3.8) is 0 Å². The van der Waals surface area contributed by atoms with Crippen molar-refractivity contribution in [2.75, 3.05) is 17.7 Å². The highest BCUT2D eigenvalue weighted by molar-refractivity contribution is 5.90. The number of hydrogen-bond donors (Lipinski definition) is 4. The molecule has 1 aromatic heterocycles. The molecule has 8 heteroatoms. The molecule has 1 aromatic rings. The van der Waals surface area contributed by atoms with Crippen LogP contribution in [-0.2, 0) is 9.53 Å². The minimum atomic E-state index is -1.35. The molecule has 2 rings (SSSR count). The fraction of sp³-hybridized carbons (Fsp3) is 0.500. The van der Waals surface area contributed by atoms with Crippen molar-refractivity contribution in [2.24, 2.45) is 0 Å². The summed E-state index contributed by atoms with van der Waals surface area (Å²) in [5, 5.41) is 21.3. The van der Waals surface area contributed by atoms with Gasteiger partial charge in [0.2, 0.25) is 0 Å². The number of hydrogen-bond acceptors (Lipinski definition) is 8. The number of ketones is 1. The molecule has 0 bridgehead atoms. The normalized spacial score (nSPS) is 27.5. The number of anilines is 2. The van der Waals surface area contributed by atoms with Crippen LogP contribution in [0.15, 0.2) is 6.33 Å². The van der Waals surface area contributed by atoms with Gasteiger partial charge in [0.15, 0.2) is 18.1 Å². The summed E-state index contributed by atoms with van der Waals surface area (Å²) in [6.07, 6.45) is -2.06. The van der Waals surface area contributed by atoms with E-state index in [-0.39, 0.29) is 0 Å². The molecule has 1 aliphatic rings. The molecular weight excluding hydrogens is 240 g/mol. The number of aliphatic hydroxyl groups excluding tert-OH is 2. The first-order valence-electron chi connectivity index (χ1n) is 5.36. The lowest BCUT2D eigenvalue weighted by molar-refractivity contribution is -0.128. The van der Waals surface area contributed by atoms with E-state index in [2.05, 4.69) is 15.3 Å². The molecule has 2 heterocycles. The Morgan fingerprint density at radius 2 is 2.28 bits per heavy atom. The lowest BCUT2D eigenvalue weighted by Gasteiger charge is -2.17. The summed E-state index contributed by atoms with van der Waals surface area (Å²) in [5.74, 6) is 0.109. The van der Waals surface area contributed by atoms with Crippen molar-refractivity contribution in [2.45, 2.75) is 25.4 Å². The Hall–Kier alpha value is -1.77. The Morgan fingerprint density at radius 3 is 2.89 bits per heavy atom. The van der Waals surface area contributed by atoms with Crippen molar-refractivity contribution in [3.8, 4) is 0 Å². The van der Waals surface area contributed by atoms with E-state index in [4.69, 9.17) is 15.6 Å². The van der Waals surface area contributed by atoms with Crippen LogP contribution in [0.1, 0.15) is 5.56 Å². The molecule has 0 unspecified atom stereocenters. The van der Waals surface area contributed by atoms with Crippen LogP contribution in [-0.4, -0.2) is 51.0 Å². The van der Waals surface area contributed by atoms with Crippen LogP contribution in [0.5, 0.6) is 0 Å². The fourth-order valence-corrected chi connectivity index (χ4v) is 1.65. The number of rotatable bonds is 3. The molecule has 1 saturated heterocycles. The van der Waals surface area contributed by atoms with Crippen molar-refractivity contribution in [3.05, 3.63) is 11.9 Å². The minimum Gasteiger partial charge on any atom is -0.393 e. The van der Waals surface area contributed by atoms with E-state index in [1.54, 1.807) is 6.92 Å². The van der Waals surface area contributed by atoms with E-state index < -0.39 is 30.8 Å². The number of carbonyl (C=O) groups excluding carboxylic acids is 1. The molecule has 5 N–H and O–H groups in total. The zero-order valence-electron chi connectivity index (χ0n) is 9.70. The molecule has 98 valence electrons. The smallest absolute Gasteiger partial charge is 0.196 e. The zero-order valence-corrected chi connectivity index (χ0v) is 9.70. The predicted octanol–water partition coefficient (Wildman–Crippen LogP) is -1.57. The summed E-state index contributed by atoms with van der Waals surface area (Å²) in [6.45, 7) is 1.23. The van der Waals surface area contributed by atoms with Gasteiger partial charge in [0.05, 0.1) is 6.61 Å². The number of nitrogen functional groups attached to an aromatic ring is 1. The maximum absolute atomic E-state index is 11.5. The third-order valence-corrected chi connectivity index (χ3v) is 2.77. The summed E-state index contributed by atoms with van der Waals surface area (Å²) in [7, 11) is 0. The molecule has 0 aromatic carbocycles. The Labute approximate surface area is 103 Å². The molecule has 0 radical (unpaired) electrons. The van der Waals surface area contributed by atoms with Crippen LogP contribution in [0.4, 0.5) is 11.6 Å². The summed E-state index contributed by atoms with van der Waals surface area (Å²) >= 11 is 0. The number of aromatic nitrogens is 2. The SMILES string of the molecule is Cc1c(N)ncnc1N[C@@H]1O[C@H](CO)C(=O)[C@H]1O. The lowest BCUT2D eigenvalue weighted by Crippen LogP contribution is -2.33. The number of ether oxygens (including phenoxy) is 1. The number of Topliss-reactive ketones (excluding diaryl/α,β-unsaturated/α-hetero) is 1. The van der Waals surface area contributed by atoms with Gasteiger partial charge in [-0.3, -0.25) is 4.79 Å². The second kappa shape index (κ2) is 4.84. The van der Waals surface area contributed by atoms with Crippen molar-refractivity contribution in [1.29, 1.82) is 0 Å². The number of nitrogens with one attached hydrogen (secondary N) is 1. The minimum absolute atomic E-state index is 0.296. The van der Waals surface area contributed by atoms with Gasteiger partial charge in [-0.15, -0.1) is 0 Å². The van der Waals surface area contributed by atoms with Gasteiger partial charge in [0.1, 0.15) is 24.1 Å². The number of carbonyl (C=O) groups is 1. The molecule has 3 atom stereocenters. The topological polar surface area (TPSA) is 131 Å². The van der Waals surface area contributed by atoms with Gasteiger partial charge in [-0.1, -0.05) is 0 Å². The molecule has 1 fully saturated rings. The van der Waals surface area contributed by atoms with Crippen LogP contribution < -0.4 is 11.1 Å². The van der Waals surface area contributed by atoms with E-state index in [1.165, 1.54) is 6.33 Å². The largest absolute Gasteiger partial charge is 0.393 e. The number of nitrogens with zero attached hydrogens (tertiary/aromatic N) is 2. The van der Waals surface area contributed by atoms with Gasteiger partial charge in [0, 0.05) is 5.56 Å². The highest BCUT2D eigenvalue weighted by Gasteiger charge is 2.42. The maximum atomic E-state index is 11.5. The summed E-state index contributed by atoms with van der Waals surface area (Å²) in [6, 6.07) is 0. The first kappa shape index (κ1) is 12.7. The third kappa shape index (κ3) is 2.13. The second-order valence-electron chi connectivity index (χ2n) is 3.95. The Kier molecular flexibility index (Phi) is 3.41. The first-order valence-corrected chi connectivity index (χ1v) is 5.36. The molecule has 0 spiro atoms. The average molecular weight is 254 g/mol. The van der Waals surface area contributed by atoms with Crippen LogP contribution in [0.3, 0.4) is 0 Å². The Balaban J connectivity index is 2.15. The van der Waals surface area contributed by atoms with Gasteiger partial charge >= 0.3 is 0 Å². The molecule has 18 heavy (non-hydrogen) atoms. The third-order valence-electron chi connectivity index (χ3n) is 2.77. The highest BCUT2D eigenvalue weighted by atomic mass is 16.5. The molecule has 8 nitrogen and oxygen atoms in total. The van der Waals surface area contributed by atoms with Gasteiger partial charge in [-0.05, 0) is 6.92 Å². The van der Waals surface area contributed by atoms with E-state index in [0.29, 0.717) is 17.2 Å². The summed E-state index contributed by atoms with van der Waals surface area (Å²) in [4.78, 5) is 19.2. The Morgan fingerprint density at radius 1 is 1.56 bits per heavy atom. The molecule has 0 aliphatic carbocycles. The van der Waals surface area contributed by atoms with Crippen molar-refractivity contribution >= 4 is 17.4 Å². The van der Waals surface area contributed by atoms with E-state index in [0.717, 1.165) is 0 Å². The predicted molar refractivity (Wildman–Crippen MR) is 61.6 cm³/mol. The van der Waals surface area contributed by atoms with E-state index in [1.807, 2.05) is 0 Å². The fourth-order valence-electron chi connectivity index (χ4n) is 1.65. The van der Waals surface area contributed by atoms with Crippen LogP contribution in [0, 0.1) is 6.92 Å². The molecular formula is C10H14N4O4. The molecule has 0 amide bonds. The van der Waals surface area contributed by atoms with Crippen LogP contribution in [0.2, 0.25) is 0 Å². The van der Waals surface area contributed by atoms with Gasteiger partial charge < -0.3 is 26.0 Å². The summed E-state index contributed by atoms with van der Waals surface area (Å²) in [5.41, 5.74) is 6.20. The maximum Gasteiger partial charge on any atom is 0.196 e. The quantitative estimate of drug-likeness (QED) is 0.508. The zero-order chi connectivity index (χ0) is 13.3. The standard InChI is InChI=1S/C10H14N4O4/c1-4-8(11)12-3-13-9(4)14-10-7(17)6(16)5(2-15)18-10/h3,5,7,10,15,17H,2H2,1H3,(H3,11,12,13,14)/t5-,7-,10-/m1/s1. The van der Waals surface area contributed by atoms with E-state index >= 15 is 0 Å². The van der Waals surface area contributed by atoms with Crippen LogP contribution >= 0.6 is 0 Å². The van der Waals surface area contributed by atoms with Crippen molar-refractivity contribution < 1.29 is 19.7 Å². The van der Waals surface area contributed by atoms with E-state index in [9.17, 15) is 9.90 Å². The monoisotopic (exact) mass is 254 g/mol. The number of nitrogens with two attached hydrogens (primary N) is 1. The van der Waals surface area contributed by atoms with Gasteiger partial charge in [0.25, 0.3) is 0 Å². The molecule has 0 saturated carbocycles. The number of aliphatic hydroxyl groups is 2. The average Bonchev–Trinajstić information content (AvgIpc) is 2.63.